The van der Waals surface area contributed by atoms with Gasteiger partial charge in [0.25, 0.3) is 0 Å². The molecule has 1 saturated carbocycles. The van der Waals surface area contributed by atoms with Gasteiger partial charge in [0.15, 0.2) is 0 Å². The van der Waals surface area contributed by atoms with Gasteiger partial charge in [0, 0.05) is 12.2 Å². The minimum atomic E-state index is 0.461. The van der Waals surface area contributed by atoms with Crippen molar-refractivity contribution < 1.29 is 0 Å². The van der Waals surface area contributed by atoms with E-state index in [0.717, 1.165) is 0 Å². The Hall–Kier alpha value is -1.76. The van der Waals surface area contributed by atoms with Crippen molar-refractivity contribution in [3.05, 3.63) is 17.8 Å². The van der Waals surface area contributed by atoms with E-state index in [0.29, 0.717) is 29.0 Å². The van der Waals surface area contributed by atoms with Crippen LogP contribution < -0.4 is 11.1 Å². The van der Waals surface area contributed by atoms with Crippen molar-refractivity contribution >= 4 is 11.5 Å². The lowest BCUT2D eigenvalue weighted by Crippen LogP contribution is -2.23. The van der Waals surface area contributed by atoms with Crippen LogP contribution in [0.1, 0.15) is 31.7 Å². The van der Waals surface area contributed by atoms with Gasteiger partial charge in [-0.25, -0.2) is 4.98 Å². The van der Waals surface area contributed by atoms with Crippen molar-refractivity contribution in [1.82, 2.24) is 4.98 Å². The smallest absolute Gasteiger partial charge is 0.149 e. The van der Waals surface area contributed by atoms with Crippen LogP contribution in [0.5, 0.6) is 0 Å². The highest BCUT2D eigenvalue weighted by atomic mass is 15.0. The zero-order valence-electron chi connectivity index (χ0n) is 9.40. The lowest BCUT2D eigenvalue weighted by molar-refractivity contribution is 0.555. The maximum absolute atomic E-state index is 8.71. The Bertz CT molecular complexity index is 422. The summed E-state index contributed by atoms with van der Waals surface area (Å²) in [6.45, 7) is 2.24. The minimum Gasteiger partial charge on any atom is -0.396 e. The number of rotatable bonds is 2. The predicted octanol–water partition coefficient (Wildman–Crippen LogP) is 2.14. The molecule has 0 spiro atoms. The first-order chi connectivity index (χ1) is 7.70. The highest BCUT2D eigenvalue weighted by Crippen LogP contribution is 2.29. The third kappa shape index (κ3) is 2.08. The average molecular weight is 216 g/mol. The number of aromatic nitrogens is 1. The van der Waals surface area contributed by atoms with Gasteiger partial charge in [-0.15, -0.1) is 0 Å². The zero-order chi connectivity index (χ0) is 11.5. The maximum Gasteiger partial charge on any atom is 0.149 e. The van der Waals surface area contributed by atoms with E-state index < -0.39 is 0 Å². The molecule has 3 N–H and O–H groups in total. The first-order valence-electron chi connectivity index (χ1n) is 5.63. The molecule has 0 radical (unpaired) electrons. The molecule has 1 aromatic heterocycles. The molecule has 0 bridgehead atoms. The molecule has 2 unspecified atom stereocenters. The quantitative estimate of drug-likeness (QED) is 0.794. The van der Waals surface area contributed by atoms with Crippen LogP contribution in [0.2, 0.25) is 0 Å². The molecule has 4 nitrogen and oxygen atoms in total. The van der Waals surface area contributed by atoms with E-state index in [2.05, 4.69) is 17.2 Å². The Morgan fingerprint density at radius 2 is 2.38 bits per heavy atom. The molecule has 0 aliphatic heterocycles. The fraction of sp³-hybridized carbons (Fsp3) is 0.500. The van der Waals surface area contributed by atoms with Crippen molar-refractivity contribution in [1.29, 1.82) is 5.26 Å². The first kappa shape index (κ1) is 10.7. The Balaban J connectivity index is 2.13. The maximum atomic E-state index is 8.71. The summed E-state index contributed by atoms with van der Waals surface area (Å²) < 4.78 is 0. The molecule has 0 aromatic carbocycles. The molecule has 1 fully saturated rings. The van der Waals surface area contributed by atoms with Gasteiger partial charge in [-0.1, -0.05) is 13.3 Å². The topological polar surface area (TPSA) is 74.7 Å². The van der Waals surface area contributed by atoms with Gasteiger partial charge >= 0.3 is 0 Å². The second kappa shape index (κ2) is 4.40. The Morgan fingerprint density at radius 1 is 1.56 bits per heavy atom. The van der Waals surface area contributed by atoms with Gasteiger partial charge in [0.05, 0.1) is 11.3 Å². The van der Waals surface area contributed by atoms with Gasteiger partial charge < -0.3 is 11.1 Å². The Morgan fingerprint density at radius 3 is 2.94 bits per heavy atom. The SMILES string of the molecule is CC1CCCC1Nc1ncc(C#N)cc1N. The molecule has 16 heavy (non-hydrogen) atoms. The first-order valence-corrected chi connectivity index (χ1v) is 5.63. The third-order valence-electron chi connectivity index (χ3n) is 3.23. The fourth-order valence-corrected chi connectivity index (χ4v) is 2.20. The summed E-state index contributed by atoms with van der Waals surface area (Å²) in [7, 11) is 0. The number of nitrogens with zero attached hydrogens (tertiary/aromatic N) is 2. The normalized spacial score (nSPS) is 24.0. The van der Waals surface area contributed by atoms with Crippen molar-refractivity contribution in [2.75, 3.05) is 11.1 Å². The molecule has 2 atom stereocenters. The van der Waals surface area contributed by atoms with Gasteiger partial charge in [0.1, 0.15) is 11.9 Å². The van der Waals surface area contributed by atoms with E-state index in [1.807, 2.05) is 6.07 Å². The van der Waals surface area contributed by atoms with Crippen molar-refractivity contribution in [2.45, 2.75) is 32.2 Å². The predicted molar refractivity (Wildman–Crippen MR) is 63.8 cm³/mol. The monoisotopic (exact) mass is 216 g/mol. The largest absolute Gasteiger partial charge is 0.396 e. The van der Waals surface area contributed by atoms with Crippen LogP contribution >= 0.6 is 0 Å². The van der Waals surface area contributed by atoms with E-state index in [4.69, 9.17) is 11.0 Å². The summed E-state index contributed by atoms with van der Waals surface area (Å²) in [6, 6.07) is 4.15. The van der Waals surface area contributed by atoms with Crippen molar-refractivity contribution in [3.63, 3.8) is 0 Å². The van der Waals surface area contributed by atoms with E-state index >= 15 is 0 Å². The van der Waals surface area contributed by atoms with Crippen molar-refractivity contribution in [3.8, 4) is 6.07 Å². The van der Waals surface area contributed by atoms with Gasteiger partial charge in [-0.2, -0.15) is 5.26 Å². The van der Waals surface area contributed by atoms with E-state index in [1.54, 1.807) is 12.3 Å². The summed E-state index contributed by atoms with van der Waals surface area (Å²) in [6.07, 6.45) is 5.24. The van der Waals surface area contributed by atoms with Gasteiger partial charge in [-0.05, 0) is 24.8 Å². The lowest BCUT2D eigenvalue weighted by Gasteiger charge is -2.18. The molecule has 1 heterocycles. The molecule has 0 saturated heterocycles. The number of hydrogen-bond donors (Lipinski definition) is 2. The summed E-state index contributed by atoms with van der Waals surface area (Å²) in [5.41, 5.74) is 6.90. The Kier molecular flexibility index (Phi) is 2.95. The minimum absolute atomic E-state index is 0.461. The van der Waals surface area contributed by atoms with Crippen LogP contribution in [0.4, 0.5) is 11.5 Å². The van der Waals surface area contributed by atoms with Crippen LogP contribution in [0, 0.1) is 17.2 Å². The summed E-state index contributed by atoms with van der Waals surface area (Å²) in [4.78, 5) is 4.19. The number of pyridine rings is 1. The van der Waals surface area contributed by atoms with E-state index in [-0.39, 0.29) is 0 Å². The second-order valence-corrected chi connectivity index (χ2v) is 4.43. The van der Waals surface area contributed by atoms with Crippen molar-refractivity contribution in [2.24, 2.45) is 5.92 Å². The molecule has 0 amide bonds. The molecule has 2 rings (SSSR count). The number of nitrogens with two attached hydrogens (primary N) is 1. The molecule has 84 valence electrons. The Labute approximate surface area is 95.5 Å². The van der Waals surface area contributed by atoms with Crippen LogP contribution in [-0.4, -0.2) is 11.0 Å². The van der Waals surface area contributed by atoms with E-state index in [1.165, 1.54) is 19.3 Å². The van der Waals surface area contributed by atoms with Crippen LogP contribution in [0.25, 0.3) is 0 Å². The zero-order valence-corrected chi connectivity index (χ0v) is 9.40. The second-order valence-electron chi connectivity index (χ2n) is 4.43. The highest BCUT2D eigenvalue weighted by Gasteiger charge is 2.23. The lowest BCUT2D eigenvalue weighted by atomic mass is 10.1. The molecule has 4 heteroatoms. The number of nitrogen functional groups attached to an aromatic ring is 1. The molecule has 1 aliphatic carbocycles. The van der Waals surface area contributed by atoms with Gasteiger partial charge in [-0.3, -0.25) is 0 Å². The van der Waals surface area contributed by atoms with E-state index in [9.17, 15) is 0 Å². The molecule has 1 aromatic rings. The number of hydrogen-bond acceptors (Lipinski definition) is 4. The summed E-state index contributed by atoms with van der Waals surface area (Å²) in [5.74, 6) is 1.37. The number of anilines is 2. The number of nitrogens with one attached hydrogen (secondary N) is 1. The fourth-order valence-electron chi connectivity index (χ4n) is 2.20. The highest BCUT2D eigenvalue weighted by molar-refractivity contribution is 5.63. The van der Waals surface area contributed by atoms with Crippen LogP contribution in [0.15, 0.2) is 12.3 Å². The molecule has 1 aliphatic rings. The third-order valence-corrected chi connectivity index (χ3v) is 3.23. The van der Waals surface area contributed by atoms with Gasteiger partial charge in [0.2, 0.25) is 0 Å². The average Bonchev–Trinajstić information content (AvgIpc) is 2.67. The standard InChI is InChI=1S/C12H16N4/c1-8-3-2-4-11(8)16-12-10(14)5-9(6-13)7-15-12/h5,7-8,11H,2-4,14H2,1H3,(H,15,16). The summed E-state index contributed by atoms with van der Waals surface area (Å²) in [5, 5.41) is 12.1. The molecular weight excluding hydrogens is 200 g/mol. The number of nitriles is 1. The van der Waals surface area contributed by atoms with Crippen LogP contribution in [-0.2, 0) is 0 Å². The van der Waals surface area contributed by atoms with Crippen LogP contribution in [0.3, 0.4) is 0 Å². The summed E-state index contributed by atoms with van der Waals surface area (Å²) >= 11 is 0. The molecular formula is C12H16N4.